The molecule has 1 fully saturated rings. The molecule has 0 aliphatic heterocycles. The van der Waals surface area contributed by atoms with E-state index in [0.717, 1.165) is 12.8 Å². The van der Waals surface area contributed by atoms with Crippen molar-refractivity contribution in [3.8, 4) is 0 Å². The molecular weight excluding hydrogens is 264 g/mol. The Labute approximate surface area is 95.8 Å². The second-order valence-electron chi connectivity index (χ2n) is 4.06. The molecule has 1 aromatic rings. The summed E-state index contributed by atoms with van der Waals surface area (Å²) in [6, 6.07) is 2.63. The van der Waals surface area contributed by atoms with E-state index in [2.05, 4.69) is 15.9 Å². The molecule has 0 heterocycles. The number of rotatable bonds is 3. The van der Waals surface area contributed by atoms with Gasteiger partial charge in [0.15, 0.2) is 0 Å². The van der Waals surface area contributed by atoms with E-state index in [4.69, 9.17) is 5.73 Å². The third kappa shape index (κ3) is 1.93. The maximum Gasteiger partial charge on any atom is 0.131 e. The van der Waals surface area contributed by atoms with Crippen molar-refractivity contribution in [3.63, 3.8) is 0 Å². The fourth-order valence-electron chi connectivity index (χ4n) is 2.10. The van der Waals surface area contributed by atoms with E-state index in [1.807, 2.05) is 0 Å². The summed E-state index contributed by atoms with van der Waals surface area (Å²) in [7, 11) is 0. The monoisotopic (exact) mass is 275 g/mol. The summed E-state index contributed by atoms with van der Waals surface area (Å²) in [5, 5.41) is 0. The van der Waals surface area contributed by atoms with Gasteiger partial charge in [0.05, 0.1) is 0 Å². The Morgan fingerprint density at radius 2 is 1.80 bits per heavy atom. The maximum absolute atomic E-state index is 13.7. The van der Waals surface area contributed by atoms with Crippen molar-refractivity contribution in [2.24, 2.45) is 5.73 Å². The minimum Gasteiger partial charge on any atom is -0.330 e. The minimum absolute atomic E-state index is 0.219. The first kappa shape index (κ1) is 11.0. The van der Waals surface area contributed by atoms with E-state index >= 15 is 0 Å². The summed E-state index contributed by atoms with van der Waals surface area (Å²) in [5.74, 6) is -0.930. The van der Waals surface area contributed by atoms with Gasteiger partial charge in [0.25, 0.3) is 0 Å². The lowest BCUT2D eigenvalue weighted by Crippen LogP contribution is -2.17. The summed E-state index contributed by atoms with van der Waals surface area (Å²) < 4.78 is 27.8. The lowest BCUT2D eigenvalue weighted by atomic mass is 9.91. The third-order valence-electron chi connectivity index (χ3n) is 3.01. The molecule has 0 spiro atoms. The summed E-state index contributed by atoms with van der Waals surface area (Å²) in [6.45, 7) is 0.467. The van der Waals surface area contributed by atoms with Crippen LogP contribution in [0.3, 0.4) is 0 Å². The molecule has 82 valence electrons. The van der Waals surface area contributed by atoms with Crippen LogP contribution in [0.1, 0.15) is 24.8 Å². The van der Waals surface area contributed by atoms with Gasteiger partial charge in [-0.3, -0.25) is 0 Å². The predicted molar refractivity (Wildman–Crippen MR) is 58.6 cm³/mol. The average Bonchev–Trinajstić information content (AvgIpc) is 2.83. The van der Waals surface area contributed by atoms with Crippen molar-refractivity contribution in [2.75, 3.05) is 6.54 Å². The summed E-state index contributed by atoms with van der Waals surface area (Å²) in [4.78, 5) is 0. The van der Waals surface area contributed by atoms with Gasteiger partial charge in [-0.25, -0.2) is 8.78 Å². The van der Waals surface area contributed by atoms with Crippen molar-refractivity contribution in [1.82, 2.24) is 0 Å². The van der Waals surface area contributed by atoms with Crippen LogP contribution in [-0.4, -0.2) is 6.54 Å². The van der Waals surface area contributed by atoms with Crippen LogP contribution >= 0.6 is 15.9 Å². The highest BCUT2D eigenvalue weighted by molar-refractivity contribution is 9.10. The molecule has 0 amide bonds. The average molecular weight is 276 g/mol. The molecule has 1 saturated carbocycles. The first-order chi connectivity index (χ1) is 7.09. The first-order valence-corrected chi connectivity index (χ1v) is 5.73. The normalized spacial score (nSPS) is 17.9. The van der Waals surface area contributed by atoms with Crippen LogP contribution in [0, 0.1) is 11.6 Å². The Bertz CT molecular complexity index is 365. The number of benzene rings is 1. The van der Waals surface area contributed by atoms with E-state index in [1.54, 1.807) is 0 Å². The van der Waals surface area contributed by atoms with Gasteiger partial charge in [-0.1, -0.05) is 15.9 Å². The van der Waals surface area contributed by atoms with E-state index in [1.165, 1.54) is 12.1 Å². The third-order valence-corrected chi connectivity index (χ3v) is 3.47. The molecule has 0 unspecified atom stereocenters. The highest BCUT2D eigenvalue weighted by atomic mass is 79.9. The molecule has 0 atom stereocenters. The van der Waals surface area contributed by atoms with Crippen LogP contribution in [0.2, 0.25) is 0 Å². The number of hydrogen-bond acceptors (Lipinski definition) is 1. The summed E-state index contributed by atoms with van der Waals surface area (Å²) >= 11 is 3.07. The van der Waals surface area contributed by atoms with Gasteiger partial charge in [0.2, 0.25) is 0 Å². The highest BCUT2D eigenvalue weighted by Gasteiger charge is 2.47. The first-order valence-electron chi connectivity index (χ1n) is 4.94. The lowest BCUT2D eigenvalue weighted by Gasteiger charge is -2.16. The van der Waals surface area contributed by atoms with Crippen LogP contribution < -0.4 is 5.73 Å². The smallest absolute Gasteiger partial charge is 0.131 e. The van der Waals surface area contributed by atoms with Crippen LogP contribution in [-0.2, 0) is 5.41 Å². The molecule has 0 bridgehead atoms. The molecular formula is C11H12BrF2N. The molecule has 0 saturated heterocycles. The Morgan fingerprint density at radius 1 is 1.27 bits per heavy atom. The Balaban J connectivity index is 2.44. The maximum atomic E-state index is 13.7. The van der Waals surface area contributed by atoms with Crippen molar-refractivity contribution < 1.29 is 8.78 Å². The van der Waals surface area contributed by atoms with Gasteiger partial charge in [-0.2, -0.15) is 0 Å². The van der Waals surface area contributed by atoms with E-state index < -0.39 is 11.6 Å². The van der Waals surface area contributed by atoms with Crippen LogP contribution in [0.25, 0.3) is 0 Å². The molecule has 0 radical (unpaired) electrons. The zero-order valence-corrected chi connectivity index (χ0v) is 9.78. The zero-order valence-electron chi connectivity index (χ0n) is 8.19. The molecule has 15 heavy (non-hydrogen) atoms. The quantitative estimate of drug-likeness (QED) is 0.902. The van der Waals surface area contributed by atoms with E-state index in [0.29, 0.717) is 17.4 Å². The molecule has 1 aromatic carbocycles. The van der Waals surface area contributed by atoms with E-state index in [9.17, 15) is 8.78 Å². The number of nitrogens with two attached hydrogens (primary N) is 1. The fraction of sp³-hybridized carbons (Fsp3) is 0.455. The predicted octanol–water partition coefficient (Wildman–Crippen LogP) is 3.11. The van der Waals surface area contributed by atoms with Crippen molar-refractivity contribution >= 4 is 15.9 Å². The van der Waals surface area contributed by atoms with Crippen molar-refractivity contribution in [2.45, 2.75) is 24.7 Å². The second-order valence-corrected chi connectivity index (χ2v) is 4.98. The van der Waals surface area contributed by atoms with Gasteiger partial charge < -0.3 is 5.73 Å². The molecule has 4 heteroatoms. The standard InChI is InChI=1S/C11H12BrF2N/c12-7-5-8(13)10(9(14)6-7)11(1-2-11)3-4-15/h5-6H,1-4,15H2. The van der Waals surface area contributed by atoms with Crippen molar-refractivity contribution in [3.05, 3.63) is 33.8 Å². The van der Waals surface area contributed by atoms with E-state index in [-0.39, 0.29) is 11.0 Å². The van der Waals surface area contributed by atoms with Gasteiger partial charge in [-0.05, 0) is 37.9 Å². The minimum atomic E-state index is -0.465. The van der Waals surface area contributed by atoms with Crippen LogP contribution in [0.4, 0.5) is 8.78 Å². The second kappa shape index (κ2) is 3.83. The zero-order chi connectivity index (χ0) is 11.1. The fourth-order valence-corrected chi connectivity index (χ4v) is 2.50. The van der Waals surface area contributed by atoms with Gasteiger partial charge in [-0.15, -0.1) is 0 Å². The van der Waals surface area contributed by atoms with Gasteiger partial charge >= 0.3 is 0 Å². The molecule has 1 aliphatic carbocycles. The molecule has 2 N–H and O–H groups in total. The Morgan fingerprint density at radius 3 is 2.20 bits per heavy atom. The molecule has 1 nitrogen and oxygen atoms in total. The topological polar surface area (TPSA) is 26.0 Å². The number of halogens is 3. The summed E-state index contributed by atoms with van der Waals surface area (Å²) in [6.07, 6.45) is 2.32. The Hall–Kier alpha value is -0.480. The summed E-state index contributed by atoms with van der Waals surface area (Å²) in [5.41, 5.74) is 5.36. The van der Waals surface area contributed by atoms with Crippen LogP contribution in [0.15, 0.2) is 16.6 Å². The van der Waals surface area contributed by atoms with Crippen molar-refractivity contribution in [1.29, 1.82) is 0 Å². The highest BCUT2D eigenvalue weighted by Crippen LogP contribution is 2.52. The number of hydrogen-bond donors (Lipinski definition) is 1. The van der Waals surface area contributed by atoms with Crippen LogP contribution in [0.5, 0.6) is 0 Å². The lowest BCUT2D eigenvalue weighted by molar-refractivity contribution is 0.499. The SMILES string of the molecule is NCCC1(c2c(F)cc(Br)cc2F)CC1. The van der Waals surface area contributed by atoms with Gasteiger partial charge in [0.1, 0.15) is 11.6 Å². The molecule has 2 rings (SSSR count). The molecule has 1 aliphatic rings. The largest absolute Gasteiger partial charge is 0.330 e. The Kier molecular flexibility index (Phi) is 2.81. The van der Waals surface area contributed by atoms with Gasteiger partial charge in [0, 0.05) is 15.5 Å². The molecule has 0 aromatic heterocycles.